The summed E-state index contributed by atoms with van der Waals surface area (Å²) in [6.07, 6.45) is -1.88. The maximum absolute atomic E-state index is 14.1. The third-order valence-electron chi connectivity index (χ3n) is 4.39. The van der Waals surface area contributed by atoms with Crippen molar-refractivity contribution in [1.82, 2.24) is 14.9 Å². The van der Waals surface area contributed by atoms with Crippen LogP contribution in [0.2, 0.25) is 0 Å². The normalized spacial score (nSPS) is 18.3. The van der Waals surface area contributed by atoms with Gasteiger partial charge in [0.15, 0.2) is 0 Å². The Morgan fingerprint density at radius 3 is 2.66 bits per heavy atom. The van der Waals surface area contributed by atoms with Gasteiger partial charge in [0.25, 0.3) is 5.56 Å². The van der Waals surface area contributed by atoms with Crippen LogP contribution < -0.4 is 16.2 Å². The number of carbonyl (C=O) groups excluding carboxylic acids is 1. The molecular formula is C20H19F3N4O2. The first-order chi connectivity index (χ1) is 13.6. The second-order valence-corrected chi connectivity index (χ2v) is 7.15. The standard InChI is InChI=1S/C20H19F3N4O2/c1-13(2)4-3-8-19(20(21,22)23)15-6-5-14(10-16(15)25-18(29)26-19)11-27-12-24-9-7-17(27)28/h5-7,9-10,12-13H,4,11H2,1-2H3,(H2,25,26,29)/t19-/m0/s1. The average molecular weight is 404 g/mol. The lowest BCUT2D eigenvalue weighted by atomic mass is 9.85. The number of benzene rings is 1. The molecule has 2 heterocycles. The molecule has 9 heteroatoms. The van der Waals surface area contributed by atoms with E-state index < -0.39 is 17.7 Å². The van der Waals surface area contributed by atoms with Gasteiger partial charge in [-0.1, -0.05) is 37.8 Å². The van der Waals surface area contributed by atoms with Gasteiger partial charge in [0.1, 0.15) is 0 Å². The van der Waals surface area contributed by atoms with Crippen molar-refractivity contribution in [2.45, 2.75) is 38.5 Å². The first-order valence-corrected chi connectivity index (χ1v) is 8.92. The van der Waals surface area contributed by atoms with Gasteiger partial charge in [-0.05, 0) is 17.5 Å². The lowest BCUT2D eigenvalue weighted by molar-refractivity contribution is -0.178. The van der Waals surface area contributed by atoms with Crippen molar-refractivity contribution in [2.24, 2.45) is 5.92 Å². The summed E-state index contributed by atoms with van der Waals surface area (Å²) in [7, 11) is 0. The Hall–Kier alpha value is -3.28. The van der Waals surface area contributed by atoms with Gasteiger partial charge in [-0.3, -0.25) is 9.36 Å². The van der Waals surface area contributed by atoms with E-state index in [0.717, 1.165) is 0 Å². The number of urea groups is 1. The van der Waals surface area contributed by atoms with Crippen molar-refractivity contribution >= 4 is 11.7 Å². The predicted molar refractivity (Wildman–Crippen MR) is 101 cm³/mol. The van der Waals surface area contributed by atoms with Crippen molar-refractivity contribution in [3.63, 3.8) is 0 Å². The van der Waals surface area contributed by atoms with Gasteiger partial charge in [-0.25, -0.2) is 9.78 Å². The van der Waals surface area contributed by atoms with E-state index >= 15 is 0 Å². The second kappa shape index (κ2) is 7.62. The minimum Gasteiger partial charge on any atom is -0.310 e. The Labute approximate surface area is 165 Å². The number of anilines is 1. The fourth-order valence-corrected chi connectivity index (χ4v) is 2.99. The van der Waals surface area contributed by atoms with Crippen LogP contribution in [0.1, 0.15) is 31.4 Å². The molecule has 6 nitrogen and oxygen atoms in total. The molecule has 0 aliphatic carbocycles. The number of amides is 2. The molecule has 3 rings (SSSR count). The van der Waals surface area contributed by atoms with E-state index in [-0.39, 0.29) is 35.7 Å². The highest BCUT2D eigenvalue weighted by molar-refractivity contribution is 5.95. The highest BCUT2D eigenvalue weighted by Crippen LogP contribution is 2.44. The summed E-state index contributed by atoms with van der Waals surface area (Å²) in [5.74, 6) is 4.91. The van der Waals surface area contributed by atoms with Crippen molar-refractivity contribution in [1.29, 1.82) is 0 Å². The summed E-state index contributed by atoms with van der Waals surface area (Å²) in [6, 6.07) is 4.45. The largest absolute Gasteiger partial charge is 0.427 e. The molecule has 0 fully saturated rings. The van der Waals surface area contributed by atoms with E-state index in [1.54, 1.807) is 0 Å². The quantitative estimate of drug-likeness (QED) is 0.772. The predicted octanol–water partition coefficient (Wildman–Crippen LogP) is 3.23. The number of hydrogen-bond acceptors (Lipinski definition) is 3. The van der Waals surface area contributed by atoms with E-state index in [9.17, 15) is 22.8 Å². The molecule has 2 aromatic rings. The highest BCUT2D eigenvalue weighted by atomic mass is 19.4. The van der Waals surface area contributed by atoms with Crippen molar-refractivity contribution in [3.05, 3.63) is 58.3 Å². The molecule has 0 radical (unpaired) electrons. The van der Waals surface area contributed by atoms with Crippen LogP contribution in [0.3, 0.4) is 0 Å². The second-order valence-electron chi connectivity index (χ2n) is 7.15. The zero-order valence-corrected chi connectivity index (χ0v) is 15.8. The summed E-state index contributed by atoms with van der Waals surface area (Å²) in [4.78, 5) is 27.8. The van der Waals surface area contributed by atoms with Crippen molar-refractivity contribution in [3.8, 4) is 11.8 Å². The van der Waals surface area contributed by atoms with Crippen molar-refractivity contribution in [2.75, 3.05) is 5.32 Å². The van der Waals surface area contributed by atoms with Crippen LogP contribution in [0, 0.1) is 17.8 Å². The molecule has 2 N–H and O–H groups in total. The SMILES string of the molecule is CC(C)CC#C[C@]1(C(F)(F)F)NC(=O)Nc2cc(Cn3cnccc3=O)ccc21. The molecule has 1 aromatic carbocycles. The third kappa shape index (κ3) is 4.11. The van der Waals surface area contributed by atoms with Crippen molar-refractivity contribution < 1.29 is 18.0 Å². The fourth-order valence-electron chi connectivity index (χ4n) is 2.99. The molecule has 1 aromatic heterocycles. The summed E-state index contributed by atoms with van der Waals surface area (Å²) >= 11 is 0. The van der Waals surface area contributed by atoms with E-state index in [1.165, 1.54) is 41.4 Å². The number of fused-ring (bicyclic) bond motifs is 1. The number of aromatic nitrogens is 2. The lowest BCUT2D eigenvalue weighted by Gasteiger charge is -2.37. The van der Waals surface area contributed by atoms with Crippen LogP contribution in [0.25, 0.3) is 0 Å². The van der Waals surface area contributed by atoms with Crippen LogP contribution in [0.5, 0.6) is 0 Å². The van der Waals surface area contributed by atoms with Crippen LogP contribution in [-0.4, -0.2) is 21.8 Å². The number of hydrogen-bond donors (Lipinski definition) is 2. The number of nitrogens with zero attached hydrogens (tertiary/aromatic N) is 2. The molecule has 0 spiro atoms. The number of nitrogens with one attached hydrogen (secondary N) is 2. The molecule has 2 amide bonds. The minimum atomic E-state index is -4.83. The Balaban J connectivity index is 2.07. The summed E-state index contributed by atoms with van der Waals surface area (Å²) in [6.45, 7) is 3.79. The zero-order valence-electron chi connectivity index (χ0n) is 15.8. The number of carbonyl (C=O) groups is 1. The van der Waals surface area contributed by atoms with E-state index in [2.05, 4.69) is 22.1 Å². The molecule has 0 unspecified atom stereocenters. The molecule has 29 heavy (non-hydrogen) atoms. The number of alkyl halides is 3. The Bertz CT molecular complexity index is 1050. The van der Waals surface area contributed by atoms with Gasteiger partial charge in [0.2, 0.25) is 5.54 Å². The van der Waals surface area contributed by atoms with E-state index in [0.29, 0.717) is 5.56 Å². The van der Waals surface area contributed by atoms with Gasteiger partial charge in [-0.2, -0.15) is 13.2 Å². The minimum absolute atomic E-state index is 0.000591. The molecule has 1 aliphatic heterocycles. The molecule has 0 bridgehead atoms. The van der Waals surface area contributed by atoms with Gasteiger partial charge in [0.05, 0.1) is 12.9 Å². The van der Waals surface area contributed by atoms with Gasteiger partial charge in [0, 0.05) is 29.9 Å². The topological polar surface area (TPSA) is 76.0 Å². The van der Waals surface area contributed by atoms with Crippen LogP contribution >= 0.6 is 0 Å². The first-order valence-electron chi connectivity index (χ1n) is 8.92. The van der Waals surface area contributed by atoms with Crippen LogP contribution in [-0.2, 0) is 12.1 Å². The average Bonchev–Trinajstić information content (AvgIpc) is 2.62. The van der Waals surface area contributed by atoms with E-state index in [1.807, 2.05) is 19.2 Å². The van der Waals surface area contributed by atoms with Crippen LogP contribution in [0.15, 0.2) is 41.6 Å². The van der Waals surface area contributed by atoms with Crippen LogP contribution in [0.4, 0.5) is 23.7 Å². The van der Waals surface area contributed by atoms with Gasteiger partial charge in [-0.15, -0.1) is 0 Å². The summed E-state index contributed by atoms with van der Waals surface area (Å²) in [5, 5.41) is 4.37. The highest BCUT2D eigenvalue weighted by Gasteiger charge is 2.59. The lowest BCUT2D eigenvalue weighted by Crippen LogP contribution is -2.59. The Morgan fingerprint density at radius 1 is 1.24 bits per heavy atom. The van der Waals surface area contributed by atoms with Gasteiger partial charge < -0.3 is 10.6 Å². The van der Waals surface area contributed by atoms with E-state index in [4.69, 9.17) is 0 Å². The van der Waals surface area contributed by atoms with Gasteiger partial charge >= 0.3 is 12.2 Å². The molecule has 1 atom stereocenters. The Morgan fingerprint density at radius 2 is 2.00 bits per heavy atom. The summed E-state index contributed by atoms with van der Waals surface area (Å²) < 4.78 is 43.5. The third-order valence-corrected chi connectivity index (χ3v) is 4.39. The molecule has 0 saturated heterocycles. The molecule has 0 saturated carbocycles. The number of rotatable bonds is 3. The molecular weight excluding hydrogens is 385 g/mol. The maximum atomic E-state index is 14.1. The fraction of sp³-hybridized carbons (Fsp3) is 0.350. The monoisotopic (exact) mass is 404 g/mol. The molecule has 152 valence electrons. The number of halogens is 3. The zero-order chi connectivity index (χ0) is 21.2. The Kier molecular flexibility index (Phi) is 5.38. The molecule has 1 aliphatic rings. The maximum Gasteiger partial charge on any atom is 0.427 e. The smallest absolute Gasteiger partial charge is 0.310 e. The first kappa shape index (κ1) is 20.5. The summed E-state index contributed by atoms with van der Waals surface area (Å²) in [5.41, 5.74) is -2.76.